The summed E-state index contributed by atoms with van der Waals surface area (Å²) in [4.78, 5) is 22.3. The van der Waals surface area contributed by atoms with E-state index in [2.05, 4.69) is 19.2 Å². The van der Waals surface area contributed by atoms with Gasteiger partial charge in [0.15, 0.2) is 0 Å². The van der Waals surface area contributed by atoms with Gasteiger partial charge in [0, 0.05) is 13.0 Å². The smallest absolute Gasteiger partial charge is 0.303 e. The molecule has 118 valence electrons. The fraction of sp³-hybridized carbons (Fsp3) is 0.857. The van der Waals surface area contributed by atoms with Crippen LogP contribution in [0.2, 0.25) is 0 Å². The Morgan fingerprint density at radius 3 is 2.40 bits per heavy atom. The van der Waals surface area contributed by atoms with Crippen LogP contribution in [0.1, 0.15) is 39.5 Å². The van der Waals surface area contributed by atoms with Gasteiger partial charge in [-0.15, -0.1) is 0 Å². The summed E-state index contributed by atoms with van der Waals surface area (Å²) in [5.41, 5.74) is 5.78. The van der Waals surface area contributed by atoms with E-state index in [9.17, 15) is 9.59 Å². The fourth-order valence-corrected chi connectivity index (χ4v) is 2.50. The Morgan fingerprint density at radius 2 is 1.90 bits per heavy atom. The van der Waals surface area contributed by atoms with E-state index < -0.39 is 12.0 Å². The van der Waals surface area contributed by atoms with Gasteiger partial charge in [-0.25, -0.2) is 0 Å². The number of carboxylic acid groups (broad SMARTS) is 1. The Morgan fingerprint density at radius 1 is 1.25 bits per heavy atom. The predicted molar refractivity (Wildman–Crippen MR) is 83.8 cm³/mol. The maximum Gasteiger partial charge on any atom is 0.303 e. The minimum Gasteiger partial charge on any atom is -0.481 e. The van der Waals surface area contributed by atoms with Crippen molar-refractivity contribution in [3.8, 4) is 0 Å². The van der Waals surface area contributed by atoms with Gasteiger partial charge in [-0.2, -0.15) is 11.8 Å². The number of carbonyl (C=O) groups excluding carboxylic acids is 1. The van der Waals surface area contributed by atoms with Gasteiger partial charge in [-0.05, 0) is 43.1 Å². The SMILES string of the molecule is CSCC[C@@H](N)C(=O)NCCC(CCC(=O)O)C(C)C. The number of carboxylic acids is 1. The number of nitrogens with two attached hydrogens (primary N) is 1. The minimum absolute atomic E-state index is 0.111. The molecule has 0 bridgehead atoms. The largest absolute Gasteiger partial charge is 0.481 e. The summed E-state index contributed by atoms with van der Waals surface area (Å²) in [6.07, 6.45) is 4.30. The van der Waals surface area contributed by atoms with Crippen LogP contribution in [0, 0.1) is 11.8 Å². The molecule has 0 saturated heterocycles. The van der Waals surface area contributed by atoms with Crippen LogP contribution in [-0.4, -0.2) is 41.6 Å². The molecule has 0 aromatic carbocycles. The van der Waals surface area contributed by atoms with Crippen LogP contribution in [0.5, 0.6) is 0 Å². The van der Waals surface area contributed by atoms with Crippen LogP contribution in [-0.2, 0) is 9.59 Å². The van der Waals surface area contributed by atoms with E-state index in [4.69, 9.17) is 10.8 Å². The zero-order chi connectivity index (χ0) is 15.5. The standard InChI is InChI=1S/C14H28N2O3S/c1-10(2)11(4-5-13(17)18)6-8-16-14(19)12(15)7-9-20-3/h10-12H,4-9,15H2,1-3H3,(H,16,19)(H,17,18)/t11?,12-/m1/s1. The van der Waals surface area contributed by atoms with Crippen molar-refractivity contribution in [2.45, 2.75) is 45.6 Å². The summed E-state index contributed by atoms with van der Waals surface area (Å²) in [5.74, 6) is 0.728. The number of thioether (sulfide) groups is 1. The van der Waals surface area contributed by atoms with Crippen LogP contribution in [0.3, 0.4) is 0 Å². The van der Waals surface area contributed by atoms with Crippen molar-refractivity contribution in [3.63, 3.8) is 0 Å². The average Bonchev–Trinajstić information content (AvgIpc) is 2.38. The number of carbonyl (C=O) groups is 2. The van der Waals surface area contributed by atoms with E-state index in [1.807, 2.05) is 6.26 Å². The molecule has 0 spiro atoms. The summed E-state index contributed by atoms with van der Waals surface area (Å²) in [6.45, 7) is 4.73. The monoisotopic (exact) mass is 304 g/mol. The van der Waals surface area contributed by atoms with Gasteiger partial charge in [-0.1, -0.05) is 13.8 Å². The van der Waals surface area contributed by atoms with Crippen molar-refractivity contribution in [2.75, 3.05) is 18.6 Å². The Balaban J connectivity index is 3.98. The number of hydrogen-bond acceptors (Lipinski definition) is 4. The lowest BCUT2D eigenvalue weighted by molar-refractivity contribution is -0.137. The van der Waals surface area contributed by atoms with E-state index >= 15 is 0 Å². The van der Waals surface area contributed by atoms with E-state index in [1.54, 1.807) is 11.8 Å². The second kappa shape index (κ2) is 11.0. The molecule has 0 aliphatic rings. The molecule has 0 aromatic heterocycles. The predicted octanol–water partition coefficient (Wildman–Crippen LogP) is 1.71. The first-order valence-electron chi connectivity index (χ1n) is 7.12. The number of amides is 1. The number of nitrogens with one attached hydrogen (secondary N) is 1. The molecule has 5 nitrogen and oxygen atoms in total. The van der Waals surface area contributed by atoms with Crippen LogP contribution in [0.4, 0.5) is 0 Å². The summed E-state index contributed by atoms with van der Waals surface area (Å²) >= 11 is 1.67. The first-order valence-corrected chi connectivity index (χ1v) is 8.51. The number of rotatable bonds is 11. The molecule has 0 fully saturated rings. The molecular formula is C14H28N2O3S. The maximum atomic E-state index is 11.7. The molecule has 0 aromatic rings. The first kappa shape index (κ1) is 19.2. The third-order valence-corrected chi connectivity index (χ3v) is 4.10. The Bertz CT molecular complexity index is 298. The lowest BCUT2D eigenvalue weighted by Crippen LogP contribution is -2.41. The summed E-state index contributed by atoms with van der Waals surface area (Å²) < 4.78 is 0. The lowest BCUT2D eigenvalue weighted by Gasteiger charge is -2.20. The van der Waals surface area contributed by atoms with E-state index in [1.165, 1.54) is 0 Å². The quantitative estimate of drug-likeness (QED) is 0.540. The van der Waals surface area contributed by atoms with Crippen LogP contribution in [0.15, 0.2) is 0 Å². The Labute approximate surface area is 126 Å². The molecule has 0 rings (SSSR count). The molecule has 0 saturated carbocycles. The van der Waals surface area contributed by atoms with Gasteiger partial charge in [-0.3, -0.25) is 9.59 Å². The number of hydrogen-bond donors (Lipinski definition) is 3. The highest BCUT2D eigenvalue weighted by Crippen LogP contribution is 2.20. The second-order valence-corrected chi connectivity index (χ2v) is 6.39. The molecule has 0 aliphatic carbocycles. The Hall–Kier alpha value is -0.750. The molecule has 1 amide bonds. The molecule has 0 aliphatic heterocycles. The normalized spacial score (nSPS) is 14.1. The second-order valence-electron chi connectivity index (χ2n) is 5.40. The third-order valence-electron chi connectivity index (χ3n) is 3.46. The van der Waals surface area contributed by atoms with Crippen LogP contribution < -0.4 is 11.1 Å². The van der Waals surface area contributed by atoms with E-state index in [0.717, 1.165) is 12.2 Å². The molecule has 4 N–H and O–H groups in total. The zero-order valence-corrected chi connectivity index (χ0v) is 13.5. The van der Waals surface area contributed by atoms with Gasteiger partial charge in [0.2, 0.25) is 5.91 Å². The van der Waals surface area contributed by atoms with Gasteiger partial charge >= 0.3 is 5.97 Å². The number of aliphatic carboxylic acids is 1. The van der Waals surface area contributed by atoms with Crippen LogP contribution >= 0.6 is 11.8 Å². The molecule has 6 heteroatoms. The van der Waals surface area contributed by atoms with Gasteiger partial charge < -0.3 is 16.2 Å². The Kier molecular flexibility index (Phi) is 10.6. The highest BCUT2D eigenvalue weighted by atomic mass is 32.2. The van der Waals surface area contributed by atoms with Crippen molar-refractivity contribution >= 4 is 23.6 Å². The van der Waals surface area contributed by atoms with Gasteiger partial charge in [0.25, 0.3) is 0 Å². The highest BCUT2D eigenvalue weighted by molar-refractivity contribution is 7.98. The molecule has 0 heterocycles. The minimum atomic E-state index is -0.765. The highest BCUT2D eigenvalue weighted by Gasteiger charge is 2.17. The topological polar surface area (TPSA) is 92.4 Å². The fourth-order valence-electron chi connectivity index (χ4n) is 2.01. The van der Waals surface area contributed by atoms with Gasteiger partial charge in [0.05, 0.1) is 6.04 Å². The van der Waals surface area contributed by atoms with Crippen molar-refractivity contribution in [1.82, 2.24) is 5.32 Å². The average molecular weight is 304 g/mol. The third kappa shape index (κ3) is 9.20. The van der Waals surface area contributed by atoms with E-state index in [0.29, 0.717) is 31.2 Å². The summed E-state index contributed by atoms with van der Waals surface area (Å²) in [7, 11) is 0. The molecule has 20 heavy (non-hydrogen) atoms. The van der Waals surface area contributed by atoms with Crippen LogP contribution in [0.25, 0.3) is 0 Å². The summed E-state index contributed by atoms with van der Waals surface area (Å²) in [5, 5.41) is 11.6. The van der Waals surface area contributed by atoms with Crippen molar-refractivity contribution < 1.29 is 14.7 Å². The molecule has 0 radical (unpaired) electrons. The maximum absolute atomic E-state index is 11.7. The summed E-state index contributed by atoms with van der Waals surface area (Å²) in [6, 6.07) is -0.445. The molecular weight excluding hydrogens is 276 g/mol. The molecule has 1 unspecified atom stereocenters. The lowest BCUT2D eigenvalue weighted by atomic mass is 9.88. The zero-order valence-electron chi connectivity index (χ0n) is 12.7. The van der Waals surface area contributed by atoms with Crippen molar-refractivity contribution in [1.29, 1.82) is 0 Å². The van der Waals surface area contributed by atoms with Gasteiger partial charge in [0.1, 0.15) is 0 Å². The van der Waals surface area contributed by atoms with Crippen molar-refractivity contribution in [2.24, 2.45) is 17.6 Å². The van der Waals surface area contributed by atoms with E-state index in [-0.39, 0.29) is 12.3 Å². The van der Waals surface area contributed by atoms with Crippen molar-refractivity contribution in [3.05, 3.63) is 0 Å². The first-order chi connectivity index (χ1) is 9.38. The molecule has 2 atom stereocenters.